The van der Waals surface area contributed by atoms with Gasteiger partial charge in [0.15, 0.2) is 0 Å². The molecule has 0 N–H and O–H groups in total. The van der Waals surface area contributed by atoms with Crippen LogP contribution in [0.5, 0.6) is 5.75 Å². The summed E-state index contributed by atoms with van der Waals surface area (Å²) in [5, 5.41) is 0. The first-order valence-corrected chi connectivity index (χ1v) is 11.6. The topological polar surface area (TPSA) is 35.5 Å². The van der Waals surface area contributed by atoms with Gasteiger partial charge in [0.2, 0.25) is 0 Å². The van der Waals surface area contributed by atoms with Gasteiger partial charge in [-0.15, -0.1) is 23.5 Å². The highest BCUT2D eigenvalue weighted by molar-refractivity contribution is 8.17. The van der Waals surface area contributed by atoms with E-state index >= 15 is 0 Å². The van der Waals surface area contributed by atoms with Crippen LogP contribution in [0.25, 0.3) is 5.57 Å². The molecule has 4 rings (SSSR count). The van der Waals surface area contributed by atoms with Gasteiger partial charge < -0.3 is 9.47 Å². The minimum Gasteiger partial charge on any atom is -0.496 e. The minimum absolute atomic E-state index is 0.0110. The Morgan fingerprint density at radius 3 is 2.32 bits per heavy atom. The van der Waals surface area contributed by atoms with Crippen molar-refractivity contribution in [1.82, 2.24) is 0 Å². The van der Waals surface area contributed by atoms with Crippen molar-refractivity contribution in [3.63, 3.8) is 0 Å². The third-order valence-electron chi connectivity index (χ3n) is 5.38. The molecule has 146 valence electrons. The predicted molar refractivity (Wildman–Crippen MR) is 118 cm³/mol. The molecule has 1 saturated heterocycles. The number of rotatable bonds is 5. The maximum Gasteiger partial charge on any atom is 0.313 e. The lowest BCUT2D eigenvalue weighted by molar-refractivity contribution is -0.144. The molecule has 0 unspecified atom stereocenters. The fraction of sp³-hybridized carbons (Fsp3) is 0.348. The molecule has 1 fully saturated rings. The van der Waals surface area contributed by atoms with Crippen molar-refractivity contribution in [2.75, 3.05) is 25.7 Å². The van der Waals surface area contributed by atoms with Gasteiger partial charge in [0.05, 0.1) is 24.7 Å². The summed E-state index contributed by atoms with van der Waals surface area (Å²) in [6.45, 7) is 0. The van der Waals surface area contributed by atoms with E-state index in [-0.39, 0.29) is 22.4 Å². The van der Waals surface area contributed by atoms with Crippen molar-refractivity contribution < 1.29 is 14.3 Å². The number of hydrogen-bond donors (Lipinski definition) is 0. The molecule has 5 heteroatoms. The van der Waals surface area contributed by atoms with Gasteiger partial charge in [-0.05, 0) is 40.7 Å². The second kappa shape index (κ2) is 8.66. The van der Waals surface area contributed by atoms with Crippen molar-refractivity contribution in [3.05, 3.63) is 71.3 Å². The third kappa shape index (κ3) is 3.46. The summed E-state index contributed by atoms with van der Waals surface area (Å²) < 4.78 is 11.2. The molecular weight excluding hydrogens is 388 g/mol. The number of carbonyl (C=O) groups is 1. The van der Waals surface area contributed by atoms with Crippen LogP contribution in [0.1, 0.15) is 23.5 Å². The van der Waals surface area contributed by atoms with E-state index in [0.29, 0.717) is 0 Å². The Kier molecular flexibility index (Phi) is 6.02. The average Bonchev–Trinajstić information content (AvgIpc) is 2.75. The van der Waals surface area contributed by atoms with Crippen LogP contribution in [0.2, 0.25) is 0 Å². The first kappa shape index (κ1) is 19.5. The van der Waals surface area contributed by atoms with Crippen LogP contribution in [0, 0.1) is 5.92 Å². The van der Waals surface area contributed by atoms with Crippen LogP contribution >= 0.6 is 23.5 Å². The maximum atomic E-state index is 12.9. The Morgan fingerprint density at radius 1 is 0.964 bits per heavy atom. The molecule has 0 aromatic heterocycles. The van der Waals surface area contributed by atoms with Crippen LogP contribution < -0.4 is 4.74 Å². The first-order valence-electron chi connectivity index (χ1n) is 9.49. The van der Waals surface area contributed by atoms with Crippen LogP contribution in [0.4, 0.5) is 0 Å². The number of hydrogen-bond acceptors (Lipinski definition) is 5. The zero-order chi connectivity index (χ0) is 19.5. The third-order valence-corrected chi connectivity index (χ3v) is 8.36. The summed E-state index contributed by atoms with van der Waals surface area (Å²) >= 11 is 3.89. The fourth-order valence-electron chi connectivity index (χ4n) is 4.14. The summed E-state index contributed by atoms with van der Waals surface area (Å²) in [4.78, 5) is 12.9. The maximum absolute atomic E-state index is 12.9. The Balaban J connectivity index is 1.90. The van der Waals surface area contributed by atoms with Gasteiger partial charge in [-0.1, -0.05) is 48.5 Å². The quantitative estimate of drug-likeness (QED) is 0.628. The second-order valence-corrected chi connectivity index (χ2v) is 9.61. The molecule has 2 aromatic rings. The Hall–Kier alpha value is -1.85. The summed E-state index contributed by atoms with van der Waals surface area (Å²) in [6.07, 6.45) is 1.22. The van der Waals surface area contributed by atoms with Crippen molar-refractivity contribution in [3.8, 4) is 5.75 Å². The molecule has 1 aliphatic heterocycles. The summed E-state index contributed by atoms with van der Waals surface area (Å²) in [6, 6.07) is 18.4. The summed E-state index contributed by atoms with van der Waals surface area (Å²) in [7, 11) is 3.20. The zero-order valence-corrected chi connectivity index (χ0v) is 17.7. The van der Waals surface area contributed by atoms with E-state index in [4.69, 9.17) is 9.47 Å². The van der Waals surface area contributed by atoms with E-state index in [2.05, 4.69) is 18.2 Å². The highest BCUT2D eigenvalue weighted by atomic mass is 32.2. The highest BCUT2D eigenvalue weighted by Crippen LogP contribution is 2.59. The average molecular weight is 413 g/mol. The number of esters is 1. The van der Waals surface area contributed by atoms with Gasteiger partial charge in [-0.2, -0.15) is 0 Å². The highest BCUT2D eigenvalue weighted by Gasteiger charge is 2.50. The molecule has 0 saturated carbocycles. The molecule has 1 heterocycles. The van der Waals surface area contributed by atoms with Crippen molar-refractivity contribution in [1.29, 1.82) is 0 Å². The lowest BCUT2D eigenvalue weighted by Gasteiger charge is -2.45. The second-order valence-electron chi connectivity index (χ2n) is 6.89. The molecule has 28 heavy (non-hydrogen) atoms. The Labute approximate surface area is 174 Å². The van der Waals surface area contributed by atoms with Gasteiger partial charge >= 0.3 is 5.97 Å². The van der Waals surface area contributed by atoms with Crippen molar-refractivity contribution >= 4 is 35.1 Å². The molecule has 2 aliphatic rings. The molecule has 0 bridgehead atoms. The van der Waals surface area contributed by atoms with Gasteiger partial charge in [0.1, 0.15) is 5.75 Å². The number of benzene rings is 2. The Morgan fingerprint density at radius 2 is 1.64 bits per heavy atom. The lowest BCUT2D eigenvalue weighted by atomic mass is 9.63. The standard InChI is InChI=1S/C23H24O3S2/c1-25-17-12-7-6-11-16(17)19-18(15-9-4-3-5-10-15)20(22(24)26-2)21(19)23-27-13-8-14-28-23/h3-7,9-12,18,20,23H,8,13-14H2,1-2H3/t18-,20+/m1/s1. The van der Waals surface area contributed by atoms with E-state index in [1.807, 2.05) is 59.9 Å². The monoisotopic (exact) mass is 412 g/mol. The van der Waals surface area contributed by atoms with E-state index < -0.39 is 0 Å². The van der Waals surface area contributed by atoms with Gasteiger partial charge in [-0.25, -0.2) is 0 Å². The lowest BCUT2D eigenvalue weighted by Crippen LogP contribution is -2.39. The normalized spacial score (nSPS) is 22.5. The molecule has 1 aliphatic carbocycles. The number of thioether (sulfide) groups is 2. The van der Waals surface area contributed by atoms with E-state index in [1.165, 1.54) is 24.7 Å². The fourth-order valence-corrected chi connectivity index (χ4v) is 7.24. The largest absolute Gasteiger partial charge is 0.496 e. The van der Waals surface area contributed by atoms with Crippen LogP contribution in [0.3, 0.4) is 0 Å². The van der Waals surface area contributed by atoms with Crippen molar-refractivity contribution in [2.24, 2.45) is 5.92 Å². The first-order chi connectivity index (χ1) is 13.8. The summed E-state index contributed by atoms with van der Waals surface area (Å²) in [5.74, 6) is 2.71. The number of ether oxygens (including phenoxy) is 2. The zero-order valence-electron chi connectivity index (χ0n) is 16.1. The van der Waals surface area contributed by atoms with Crippen LogP contribution in [-0.2, 0) is 9.53 Å². The molecular formula is C23H24O3S2. The van der Waals surface area contributed by atoms with Gasteiger partial charge in [0, 0.05) is 11.5 Å². The Bertz CT molecular complexity index is 872. The molecule has 0 spiro atoms. The van der Waals surface area contributed by atoms with Crippen molar-refractivity contribution in [2.45, 2.75) is 16.9 Å². The predicted octanol–water partition coefficient (Wildman–Crippen LogP) is 5.23. The van der Waals surface area contributed by atoms with E-state index in [1.54, 1.807) is 7.11 Å². The van der Waals surface area contributed by atoms with Gasteiger partial charge in [0.25, 0.3) is 0 Å². The van der Waals surface area contributed by atoms with E-state index in [9.17, 15) is 4.79 Å². The molecule has 2 atom stereocenters. The molecule has 2 aromatic carbocycles. The molecule has 0 radical (unpaired) electrons. The summed E-state index contributed by atoms with van der Waals surface area (Å²) in [5.41, 5.74) is 4.67. The molecule has 3 nitrogen and oxygen atoms in total. The van der Waals surface area contributed by atoms with Crippen LogP contribution in [0.15, 0.2) is 60.2 Å². The SMILES string of the molecule is COC(=O)[C@@H]1C(C2SCCCS2)=C(c2ccccc2OC)[C@H]1c1ccccc1. The van der Waals surface area contributed by atoms with Gasteiger partial charge in [-0.3, -0.25) is 4.79 Å². The number of methoxy groups -OCH3 is 2. The van der Waals surface area contributed by atoms with E-state index in [0.717, 1.165) is 28.4 Å². The number of carbonyl (C=O) groups excluding carboxylic acids is 1. The minimum atomic E-state index is -0.240. The van der Waals surface area contributed by atoms with Crippen LogP contribution in [-0.4, -0.2) is 36.3 Å². The number of allylic oxidation sites excluding steroid dienone is 1. The number of para-hydroxylation sites is 1. The molecule has 0 amide bonds. The smallest absolute Gasteiger partial charge is 0.313 e.